The first-order valence-electron chi connectivity index (χ1n) is 4.64. The molecule has 3 nitrogen and oxygen atoms in total. The zero-order valence-electron chi connectivity index (χ0n) is 8.67. The lowest BCUT2D eigenvalue weighted by atomic mass is 10.1. The van der Waals surface area contributed by atoms with Crippen LogP contribution in [-0.2, 0) is 9.53 Å². The quantitative estimate of drug-likeness (QED) is 0.489. The summed E-state index contributed by atoms with van der Waals surface area (Å²) in [5.74, 6) is -2.19. The third-order valence-electron chi connectivity index (χ3n) is 1.80. The van der Waals surface area contributed by atoms with Crippen molar-refractivity contribution >= 4 is 17.7 Å². The van der Waals surface area contributed by atoms with E-state index in [9.17, 15) is 13.6 Å². The molecule has 0 saturated carbocycles. The van der Waals surface area contributed by atoms with Crippen LogP contribution in [0.25, 0.3) is 6.08 Å². The van der Waals surface area contributed by atoms with Crippen LogP contribution < -0.4 is 5.73 Å². The van der Waals surface area contributed by atoms with Crippen molar-refractivity contribution in [2.75, 3.05) is 12.3 Å². The number of ether oxygens (including phenoxy) is 1. The van der Waals surface area contributed by atoms with Crippen molar-refractivity contribution in [3.63, 3.8) is 0 Å². The molecule has 0 radical (unpaired) electrons. The highest BCUT2D eigenvalue weighted by atomic mass is 19.1. The van der Waals surface area contributed by atoms with Gasteiger partial charge in [0, 0.05) is 23.4 Å². The molecule has 0 bridgehead atoms. The van der Waals surface area contributed by atoms with Crippen LogP contribution in [0, 0.1) is 11.6 Å². The lowest BCUT2D eigenvalue weighted by molar-refractivity contribution is -0.137. The largest absolute Gasteiger partial charge is 0.463 e. The molecular weight excluding hydrogens is 216 g/mol. The number of benzene rings is 1. The van der Waals surface area contributed by atoms with E-state index < -0.39 is 17.6 Å². The SMILES string of the molecule is CCOC(=O)C=Cc1c(N)cc(F)cc1F. The third kappa shape index (κ3) is 3.05. The molecule has 0 saturated heterocycles. The Kier molecular flexibility index (Phi) is 3.99. The molecule has 0 spiro atoms. The number of nitrogen functional groups attached to an aromatic ring is 1. The Bertz CT molecular complexity index is 407. The summed E-state index contributed by atoms with van der Waals surface area (Å²) in [6, 6.07) is 1.68. The average Bonchev–Trinajstić information content (AvgIpc) is 2.16. The fourth-order valence-corrected chi connectivity index (χ4v) is 1.12. The van der Waals surface area contributed by atoms with Gasteiger partial charge in [-0.3, -0.25) is 0 Å². The lowest BCUT2D eigenvalue weighted by Crippen LogP contribution is -2.00. The molecule has 5 heteroatoms. The van der Waals surface area contributed by atoms with E-state index in [4.69, 9.17) is 5.73 Å². The number of carbonyl (C=O) groups excluding carboxylic acids is 1. The number of hydrogen-bond donors (Lipinski definition) is 1. The van der Waals surface area contributed by atoms with Gasteiger partial charge in [0.2, 0.25) is 0 Å². The summed E-state index contributed by atoms with van der Waals surface area (Å²) in [5.41, 5.74) is 5.29. The number of halogens is 2. The van der Waals surface area contributed by atoms with Gasteiger partial charge in [-0.2, -0.15) is 0 Å². The van der Waals surface area contributed by atoms with Crippen LogP contribution in [0.5, 0.6) is 0 Å². The Morgan fingerprint density at radius 3 is 2.75 bits per heavy atom. The van der Waals surface area contributed by atoms with Gasteiger partial charge in [-0.1, -0.05) is 0 Å². The summed E-state index contributed by atoms with van der Waals surface area (Å²) in [5, 5.41) is 0. The van der Waals surface area contributed by atoms with E-state index in [2.05, 4.69) is 4.74 Å². The maximum absolute atomic E-state index is 13.2. The average molecular weight is 227 g/mol. The maximum atomic E-state index is 13.2. The van der Waals surface area contributed by atoms with Gasteiger partial charge >= 0.3 is 5.97 Å². The van der Waals surface area contributed by atoms with Crippen LogP contribution in [0.1, 0.15) is 12.5 Å². The third-order valence-corrected chi connectivity index (χ3v) is 1.80. The Morgan fingerprint density at radius 2 is 2.19 bits per heavy atom. The fraction of sp³-hybridized carbons (Fsp3) is 0.182. The molecule has 0 aromatic heterocycles. The van der Waals surface area contributed by atoms with Gasteiger partial charge in [-0.25, -0.2) is 13.6 Å². The van der Waals surface area contributed by atoms with Crippen LogP contribution in [0.15, 0.2) is 18.2 Å². The molecule has 0 unspecified atom stereocenters. The molecule has 16 heavy (non-hydrogen) atoms. The Hall–Kier alpha value is -1.91. The number of nitrogens with two attached hydrogens (primary N) is 1. The van der Waals surface area contributed by atoms with E-state index in [1.54, 1.807) is 6.92 Å². The summed E-state index contributed by atoms with van der Waals surface area (Å²) < 4.78 is 30.5. The van der Waals surface area contributed by atoms with E-state index in [-0.39, 0.29) is 17.9 Å². The maximum Gasteiger partial charge on any atom is 0.330 e. The monoisotopic (exact) mass is 227 g/mol. The minimum atomic E-state index is -0.821. The number of esters is 1. The number of carbonyl (C=O) groups is 1. The van der Waals surface area contributed by atoms with Gasteiger partial charge in [-0.05, 0) is 19.1 Å². The summed E-state index contributed by atoms with van der Waals surface area (Å²) >= 11 is 0. The van der Waals surface area contributed by atoms with E-state index in [1.165, 1.54) is 0 Å². The van der Waals surface area contributed by atoms with Crippen LogP contribution >= 0.6 is 0 Å². The van der Waals surface area contributed by atoms with Crippen LogP contribution in [0.3, 0.4) is 0 Å². The molecule has 1 aromatic rings. The summed E-state index contributed by atoms with van der Waals surface area (Å²) in [6.07, 6.45) is 2.19. The highest BCUT2D eigenvalue weighted by Crippen LogP contribution is 2.19. The van der Waals surface area contributed by atoms with E-state index in [1.807, 2.05) is 0 Å². The van der Waals surface area contributed by atoms with Gasteiger partial charge < -0.3 is 10.5 Å². The zero-order chi connectivity index (χ0) is 12.1. The van der Waals surface area contributed by atoms with Crippen molar-refractivity contribution in [1.82, 2.24) is 0 Å². The minimum Gasteiger partial charge on any atom is -0.463 e. The van der Waals surface area contributed by atoms with E-state index in [0.29, 0.717) is 6.07 Å². The second kappa shape index (κ2) is 5.25. The molecule has 0 aliphatic rings. The molecule has 86 valence electrons. The highest BCUT2D eigenvalue weighted by molar-refractivity contribution is 5.88. The molecule has 2 N–H and O–H groups in total. The highest BCUT2D eigenvalue weighted by Gasteiger charge is 2.06. The molecule has 0 fully saturated rings. The smallest absolute Gasteiger partial charge is 0.330 e. The molecule has 1 aromatic carbocycles. The lowest BCUT2D eigenvalue weighted by Gasteiger charge is -2.02. The van der Waals surface area contributed by atoms with Gasteiger partial charge in [0.1, 0.15) is 11.6 Å². The Labute approximate surface area is 91.5 Å². The van der Waals surface area contributed by atoms with Crippen molar-refractivity contribution in [3.05, 3.63) is 35.4 Å². The van der Waals surface area contributed by atoms with Crippen molar-refractivity contribution in [1.29, 1.82) is 0 Å². The van der Waals surface area contributed by atoms with Crippen molar-refractivity contribution in [2.45, 2.75) is 6.92 Å². The van der Waals surface area contributed by atoms with Crippen LogP contribution in [-0.4, -0.2) is 12.6 Å². The first kappa shape index (κ1) is 12.2. The van der Waals surface area contributed by atoms with E-state index in [0.717, 1.165) is 18.2 Å². The topological polar surface area (TPSA) is 52.3 Å². The van der Waals surface area contributed by atoms with Crippen LogP contribution in [0.4, 0.5) is 14.5 Å². The standard InChI is InChI=1S/C11H11F2NO2/c1-2-16-11(15)4-3-8-9(13)5-7(12)6-10(8)14/h3-6H,2,14H2,1H3. The molecule has 0 aliphatic carbocycles. The van der Waals surface area contributed by atoms with Crippen LogP contribution in [0.2, 0.25) is 0 Å². The fourth-order valence-electron chi connectivity index (χ4n) is 1.12. The van der Waals surface area contributed by atoms with Crippen molar-refractivity contribution in [2.24, 2.45) is 0 Å². The summed E-state index contributed by atoms with van der Waals surface area (Å²) in [6.45, 7) is 1.88. The first-order chi connectivity index (χ1) is 7.54. The van der Waals surface area contributed by atoms with Gasteiger partial charge in [0.05, 0.1) is 6.61 Å². The first-order valence-corrected chi connectivity index (χ1v) is 4.64. The van der Waals surface area contributed by atoms with Crippen molar-refractivity contribution < 1.29 is 18.3 Å². The second-order valence-electron chi connectivity index (χ2n) is 2.98. The molecular formula is C11H11F2NO2. The zero-order valence-corrected chi connectivity index (χ0v) is 8.67. The number of hydrogen-bond acceptors (Lipinski definition) is 3. The Balaban J connectivity index is 2.93. The predicted octanol–water partition coefficient (Wildman–Crippen LogP) is 2.12. The minimum absolute atomic E-state index is 0.0329. The summed E-state index contributed by atoms with van der Waals surface area (Å²) in [7, 11) is 0. The molecule has 0 amide bonds. The number of anilines is 1. The Morgan fingerprint density at radius 1 is 1.50 bits per heavy atom. The molecule has 0 atom stereocenters. The normalized spacial score (nSPS) is 10.7. The molecule has 0 aliphatic heterocycles. The molecule has 0 heterocycles. The van der Waals surface area contributed by atoms with E-state index >= 15 is 0 Å². The van der Waals surface area contributed by atoms with Gasteiger partial charge in [0.25, 0.3) is 0 Å². The molecule has 1 rings (SSSR count). The summed E-state index contributed by atoms with van der Waals surface area (Å²) in [4.78, 5) is 11.0. The van der Waals surface area contributed by atoms with Gasteiger partial charge in [0.15, 0.2) is 0 Å². The second-order valence-corrected chi connectivity index (χ2v) is 2.98. The van der Waals surface area contributed by atoms with Gasteiger partial charge in [-0.15, -0.1) is 0 Å². The van der Waals surface area contributed by atoms with Crippen molar-refractivity contribution in [3.8, 4) is 0 Å². The number of rotatable bonds is 3. The predicted molar refractivity (Wildman–Crippen MR) is 56.4 cm³/mol.